The van der Waals surface area contributed by atoms with Gasteiger partial charge >= 0.3 is 0 Å². The van der Waals surface area contributed by atoms with Crippen LogP contribution < -0.4 is 16.0 Å². The number of fused-ring (bicyclic) bond motifs is 1. The van der Waals surface area contributed by atoms with E-state index in [0.29, 0.717) is 17.3 Å². The summed E-state index contributed by atoms with van der Waals surface area (Å²) >= 11 is 7.35. The first-order valence-corrected chi connectivity index (χ1v) is 9.34. The lowest BCUT2D eigenvalue weighted by molar-refractivity contribution is -0.124. The van der Waals surface area contributed by atoms with Gasteiger partial charge in [0, 0.05) is 55.6 Å². The molecule has 2 aliphatic heterocycles. The molecular formula is C16H22Cl2N4O2S. The van der Waals surface area contributed by atoms with Gasteiger partial charge in [-0.05, 0) is 18.2 Å². The van der Waals surface area contributed by atoms with Crippen LogP contribution in [-0.2, 0) is 9.59 Å². The summed E-state index contributed by atoms with van der Waals surface area (Å²) in [6.45, 7) is 5.47. The van der Waals surface area contributed by atoms with Crippen molar-refractivity contribution in [3.05, 3.63) is 23.2 Å². The van der Waals surface area contributed by atoms with E-state index in [-0.39, 0.29) is 30.6 Å². The first kappa shape index (κ1) is 20.3. The number of anilines is 1. The molecule has 0 aliphatic carbocycles. The summed E-state index contributed by atoms with van der Waals surface area (Å²) in [5, 5.41) is 9.22. The van der Waals surface area contributed by atoms with E-state index in [2.05, 4.69) is 20.9 Å². The van der Waals surface area contributed by atoms with Gasteiger partial charge in [-0.15, -0.1) is 24.2 Å². The molecule has 1 fully saturated rings. The third-order valence-corrected chi connectivity index (χ3v) is 5.60. The van der Waals surface area contributed by atoms with Crippen molar-refractivity contribution < 1.29 is 9.59 Å². The number of hydrogen-bond acceptors (Lipinski definition) is 5. The van der Waals surface area contributed by atoms with Crippen LogP contribution in [0.4, 0.5) is 5.69 Å². The number of carbonyl (C=O) groups excluding carboxylic acids is 2. The monoisotopic (exact) mass is 404 g/mol. The zero-order chi connectivity index (χ0) is 16.9. The SMILES string of the molecule is Cl.O=C(CC1Sc2ccc(Cl)cc2NC1=O)NCCN1CCNCC1. The van der Waals surface area contributed by atoms with Gasteiger partial charge in [-0.25, -0.2) is 0 Å². The predicted octanol–water partition coefficient (Wildman–Crippen LogP) is 1.59. The molecule has 1 aromatic carbocycles. The van der Waals surface area contributed by atoms with E-state index in [1.54, 1.807) is 12.1 Å². The van der Waals surface area contributed by atoms with Crippen molar-refractivity contribution in [3.63, 3.8) is 0 Å². The molecule has 0 radical (unpaired) electrons. The first-order chi connectivity index (χ1) is 11.6. The van der Waals surface area contributed by atoms with Crippen molar-refractivity contribution in [2.75, 3.05) is 44.6 Å². The molecule has 0 saturated carbocycles. The minimum absolute atomic E-state index is 0. The lowest BCUT2D eigenvalue weighted by Gasteiger charge is -2.27. The van der Waals surface area contributed by atoms with Gasteiger partial charge < -0.3 is 16.0 Å². The molecule has 2 amide bonds. The second kappa shape index (κ2) is 9.64. The van der Waals surface area contributed by atoms with Crippen LogP contribution in [0.2, 0.25) is 5.02 Å². The molecule has 1 aromatic rings. The van der Waals surface area contributed by atoms with Gasteiger partial charge in [0.15, 0.2) is 0 Å². The number of carbonyl (C=O) groups is 2. The summed E-state index contributed by atoms with van der Waals surface area (Å²) in [5.41, 5.74) is 0.716. The zero-order valence-corrected chi connectivity index (χ0v) is 16.1. The molecule has 3 rings (SSSR count). The van der Waals surface area contributed by atoms with Crippen molar-refractivity contribution >= 4 is 53.3 Å². The topological polar surface area (TPSA) is 73.5 Å². The van der Waals surface area contributed by atoms with Crippen molar-refractivity contribution in [1.82, 2.24) is 15.5 Å². The Hall–Kier alpha value is -0.990. The fraction of sp³-hybridized carbons (Fsp3) is 0.500. The Morgan fingerprint density at radius 2 is 2.12 bits per heavy atom. The molecule has 2 heterocycles. The quantitative estimate of drug-likeness (QED) is 0.694. The number of nitrogens with zero attached hydrogens (tertiary/aromatic N) is 1. The maximum absolute atomic E-state index is 12.2. The van der Waals surface area contributed by atoms with E-state index < -0.39 is 5.25 Å². The molecule has 1 unspecified atom stereocenters. The summed E-state index contributed by atoms with van der Waals surface area (Å²) in [6, 6.07) is 5.39. The number of thioether (sulfide) groups is 1. The van der Waals surface area contributed by atoms with E-state index in [4.69, 9.17) is 11.6 Å². The van der Waals surface area contributed by atoms with Crippen molar-refractivity contribution in [2.45, 2.75) is 16.6 Å². The number of hydrogen-bond donors (Lipinski definition) is 3. The Morgan fingerprint density at radius 3 is 2.88 bits per heavy atom. The maximum atomic E-state index is 12.2. The average molecular weight is 405 g/mol. The van der Waals surface area contributed by atoms with E-state index in [1.165, 1.54) is 11.8 Å². The lowest BCUT2D eigenvalue weighted by atomic mass is 10.2. The van der Waals surface area contributed by atoms with E-state index in [0.717, 1.165) is 37.6 Å². The van der Waals surface area contributed by atoms with Gasteiger partial charge in [-0.1, -0.05) is 11.6 Å². The van der Waals surface area contributed by atoms with Crippen molar-refractivity contribution in [1.29, 1.82) is 0 Å². The highest BCUT2D eigenvalue weighted by Gasteiger charge is 2.29. The number of nitrogens with one attached hydrogen (secondary N) is 3. The Bertz CT molecular complexity index is 626. The molecule has 9 heteroatoms. The summed E-state index contributed by atoms with van der Waals surface area (Å²) in [7, 11) is 0. The van der Waals surface area contributed by atoms with Gasteiger partial charge in [0.05, 0.1) is 10.9 Å². The summed E-state index contributed by atoms with van der Waals surface area (Å²) < 4.78 is 0. The molecule has 0 spiro atoms. The van der Waals surface area contributed by atoms with Gasteiger partial charge in [0.25, 0.3) is 0 Å². The van der Waals surface area contributed by atoms with Gasteiger partial charge in [0.2, 0.25) is 11.8 Å². The highest BCUT2D eigenvalue weighted by molar-refractivity contribution is 8.01. The van der Waals surface area contributed by atoms with E-state index in [9.17, 15) is 9.59 Å². The lowest BCUT2D eigenvalue weighted by Crippen LogP contribution is -2.46. The van der Waals surface area contributed by atoms with Crippen molar-refractivity contribution in [3.8, 4) is 0 Å². The number of amides is 2. The fourth-order valence-electron chi connectivity index (χ4n) is 2.79. The maximum Gasteiger partial charge on any atom is 0.238 e. The number of benzene rings is 1. The van der Waals surface area contributed by atoms with Crippen LogP contribution in [0.5, 0.6) is 0 Å². The van der Waals surface area contributed by atoms with E-state index in [1.807, 2.05) is 6.07 Å². The van der Waals surface area contributed by atoms with Crippen LogP contribution in [0.3, 0.4) is 0 Å². The van der Waals surface area contributed by atoms with Gasteiger partial charge in [0.1, 0.15) is 0 Å². The zero-order valence-electron chi connectivity index (χ0n) is 13.7. The Balaban J connectivity index is 0.00000225. The Labute approximate surface area is 162 Å². The predicted molar refractivity (Wildman–Crippen MR) is 104 cm³/mol. The summed E-state index contributed by atoms with van der Waals surface area (Å²) in [5.74, 6) is -0.234. The van der Waals surface area contributed by atoms with Gasteiger partial charge in [-0.2, -0.15) is 0 Å². The Morgan fingerprint density at radius 1 is 1.36 bits per heavy atom. The number of halogens is 2. The summed E-state index contributed by atoms with van der Waals surface area (Å²) in [6.07, 6.45) is 0.181. The molecule has 1 saturated heterocycles. The minimum atomic E-state index is -0.405. The van der Waals surface area contributed by atoms with Gasteiger partial charge in [-0.3, -0.25) is 14.5 Å². The second-order valence-corrected chi connectivity index (χ2v) is 7.56. The van der Waals surface area contributed by atoms with Crippen molar-refractivity contribution in [2.24, 2.45) is 0 Å². The highest BCUT2D eigenvalue weighted by Crippen LogP contribution is 2.38. The van der Waals surface area contributed by atoms with Crippen LogP contribution in [0.25, 0.3) is 0 Å². The van der Waals surface area contributed by atoms with Crippen LogP contribution in [0, 0.1) is 0 Å². The molecule has 138 valence electrons. The third-order valence-electron chi connectivity index (χ3n) is 4.09. The highest BCUT2D eigenvalue weighted by atomic mass is 35.5. The molecular weight excluding hydrogens is 383 g/mol. The third kappa shape index (κ3) is 5.76. The number of rotatable bonds is 5. The molecule has 3 N–H and O–H groups in total. The average Bonchev–Trinajstić information content (AvgIpc) is 2.57. The molecule has 0 aromatic heterocycles. The molecule has 6 nitrogen and oxygen atoms in total. The standard InChI is InChI=1S/C16H21ClN4O2S.ClH/c17-11-1-2-13-12(9-11)20-16(23)14(24-13)10-15(22)19-5-8-21-6-3-18-4-7-21;/h1-2,9,14,18H,3-8,10H2,(H,19,22)(H,20,23);1H. The normalized spacial score (nSPS) is 20.2. The molecule has 25 heavy (non-hydrogen) atoms. The first-order valence-electron chi connectivity index (χ1n) is 8.08. The Kier molecular flexibility index (Phi) is 7.83. The van der Waals surface area contributed by atoms with Crippen LogP contribution in [0.1, 0.15) is 6.42 Å². The molecule has 1 atom stereocenters. The molecule has 2 aliphatic rings. The second-order valence-electron chi connectivity index (χ2n) is 5.88. The minimum Gasteiger partial charge on any atom is -0.355 e. The molecule has 0 bridgehead atoms. The fourth-order valence-corrected chi connectivity index (χ4v) is 4.05. The van der Waals surface area contributed by atoms with E-state index >= 15 is 0 Å². The van der Waals surface area contributed by atoms with Crippen LogP contribution in [0.15, 0.2) is 23.1 Å². The van der Waals surface area contributed by atoms with Crippen LogP contribution >= 0.6 is 35.8 Å². The smallest absolute Gasteiger partial charge is 0.238 e. The van der Waals surface area contributed by atoms with Crippen LogP contribution in [-0.4, -0.2) is 61.2 Å². The summed E-state index contributed by atoms with van der Waals surface area (Å²) in [4.78, 5) is 27.5. The number of piperazine rings is 1. The largest absolute Gasteiger partial charge is 0.355 e.